The van der Waals surface area contributed by atoms with Crippen LogP contribution in [0.1, 0.15) is 37.3 Å². The number of oxime groups is 1. The highest BCUT2D eigenvalue weighted by molar-refractivity contribution is 6.01. The molecular formula is C15H17NO. The Balaban J connectivity index is 1.72. The van der Waals surface area contributed by atoms with Crippen LogP contribution in [-0.4, -0.2) is 5.71 Å². The van der Waals surface area contributed by atoms with Crippen LogP contribution in [0.15, 0.2) is 41.3 Å². The van der Waals surface area contributed by atoms with Crippen molar-refractivity contribution in [1.29, 1.82) is 0 Å². The van der Waals surface area contributed by atoms with Gasteiger partial charge in [-0.2, -0.15) is 0 Å². The molecule has 1 heterocycles. The van der Waals surface area contributed by atoms with Crippen LogP contribution in [0.3, 0.4) is 0 Å². The van der Waals surface area contributed by atoms with Gasteiger partial charge >= 0.3 is 0 Å². The fraction of sp³-hybridized carbons (Fsp3) is 0.400. The molecule has 0 bridgehead atoms. The minimum Gasteiger partial charge on any atom is -0.361 e. The standard InChI is InChI=1S/C15H17NO/c1-2-11-3-5-12(6-4-11)14-9-10-15(17-16-14)13-7-8-13/h3-6,10,13H,2,7-9H2,1H3. The van der Waals surface area contributed by atoms with Gasteiger partial charge in [0.15, 0.2) is 0 Å². The van der Waals surface area contributed by atoms with Crippen molar-refractivity contribution in [2.45, 2.75) is 32.6 Å². The van der Waals surface area contributed by atoms with Crippen molar-refractivity contribution in [2.75, 3.05) is 0 Å². The Morgan fingerprint density at radius 2 is 2.00 bits per heavy atom. The van der Waals surface area contributed by atoms with Crippen molar-refractivity contribution in [2.24, 2.45) is 11.1 Å². The molecule has 1 aliphatic carbocycles. The molecule has 17 heavy (non-hydrogen) atoms. The van der Waals surface area contributed by atoms with Gasteiger partial charge in [-0.25, -0.2) is 0 Å². The maximum atomic E-state index is 5.47. The highest BCUT2D eigenvalue weighted by atomic mass is 16.6. The Morgan fingerprint density at radius 1 is 1.24 bits per heavy atom. The molecule has 0 N–H and O–H groups in total. The smallest absolute Gasteiger partial charge is 0.134 e. The SMILES string of the molecule is CCc1ccc(C2=NOC(C3CC3)=CC2)cc1. The third-order valence-electron chi connectivity index (χ3n) is 3.43. The maximum absolute atomic E-state index is 5.47. The van der Waals surface area contributed by atoms with Gasteiger partial charge in [0.25, 0.3) is 0 Å². The zero-order chi connectivity index (χ0) is 11.7. The van der Waals surface area contributed by atoms with Crippen LogP contribution in [-0.2, 0) is 11.3 Å². The van der Waals surface area contributed by atoms with Crippen LogP contribution in [0.5, 0.6) is 0 Å². The van der Waals surface area contributed by atoms with E-state index in [1.54, 1.807) is 0 Å². The second-order valence-corrected chi connectivity index (χ2v) is 4.76. The molecule has 1 saturated carbocycles. The molecule has 0 atom stereocenters. The molecule has 2 heteroatoms. The summed E-state index contributed by atoms with van der Waals surface area (Å²) in [6.45, 7) is 2.17. The van der Waals surface area contributed by atoms with Gasteiger partial charge in [-0.3, -0.25) is 0 Å². The van der Waals surface area contributed by atoms with Gasteiger partial charge in [0, 0.05) is 12.3 Å². The second kappa shape index (κ2) is 4.36. The summed E-state index contributed by atoms with van der Waals surface area (Å²) in [4.78, 5) is 5.47. The number of nitrogens with zero attached hydrogens (tertiary/aromatic N) is 1. The Labute approximate surface area is 102 Å². The average Bonchev–Trinajstić information content (AvgIpc) is 3.24. The van der Waals surface area contributed by atoms with E-state index in [0.29, 0.717) is 5.92 Å². The van der Waals surface area contributed by atoms with Crippen molar-refractivity contribution >= 4 is 5.71 Å². The summed E-state index contributed by atoms with van der Waals surface area (Å²) >= 11 is 0. The largest absolute Gasteiger partial charge is 0.361 e. The van der Waals surface area contributed by atoms with Crippen LogP contribution < -0.4 is 0 Å². The molecule has 1 aromatic carbocycles. The van der Waals surface area contributed by atoms with Crippen molar-refractivity contribution in [3.05, 3.63) is 47.2 Å². The van der Waals surface area contributed by atoms with E-state index in [4.69, 9.17) is 4.84 Å². The molecule has 0 unspecified atom stereocenters. The quantitative estimate of drug-likeness (QED) is 0.772. The van der Waals surface area contributed by atoms with Gasteiger partial charge in [0.05, 0.1) is 5.71 Å². The van der Waals surface area contributed by atoms with E-state index in [0.717, 1.165) is 24.3 Å². The lowest BCUT2D eigenvalue weighted by Gasteiger charge is -2.12. The maximum Gasteiger partial charge on any atom is 0.134 e. The van der Waals surface area contributed by atoms with Crippen LogP contribution in [0, 0.1) is 5.92 Å². The van der Waals surface area contributed by atoms with Gasteiger partial charge in [0.1, 0.15) is 5.76 Å². The molecule has 0 amide bonds. The lowest BCUT2D eigenvalue weighted by atomic mass is 10.0. The number of allylic oxidation sites excluding steroid dienone is 2. The Morgan fingerprint density at radius 3 is 2.53 bits per heavy atom. The molecule has 0 radical (unpaired) electrons. The summed E-state index contributed by atoms with van der Waals surface area (Å²) < 4.78 is 0. The Hall–Kier alpha value is -1.57. The van der Waals surface area contributed by atoms with Crippen LogP contribution in [0.2, 0.25) is 0 Å². The van der Waals surface area contributed by atoms with Gasteiger partial charge in [0.2, 0.25) is 0 Å². The molecule has 3 rings (SSSR count). The average molecular weight is 227 g/mol. The zero-order valence-corrected chi connectivity index (χ0v) is 10.1. The minimum atomic E-state index is 0.655. The fourth-order valence-electron chi connectivity index (χ4n) is 2.09. The van der Waals surface area contributed by atoms with Crippen LogP contribution >= 0.6 is 0 Å². The summed E-state index contributed by atoms with van der Waals surface area (Å²) in [5.74, 6) is 1.74. The van der Waals surface area contributed by atoms with Crippen molar-refractivity contribution in [1.82, 2.24) is 0 Å². The van der Waals surface area contributed by atoms with Gasteiger partial charge in [-0.05, 0) is 36.5 Å². The first kappa shape index (κ1) is 10.6. The lowest BCUT2D eigenvalue weighted by molar-refractivity contribution is 0.204. The van der Waals surface area contributed by atoms with Crippen LogP contribution in [0.4, 0.5) is 0 Å². The molecule has 2 nitrogen and oxygen atoms in total. The number of rotatable bonds is 3. The van der Waals surface area contributed by atoms with E-state index in [-0.39, 0.29) is 0 Å². The lowest BCUT2D eigenvalue weighted by Crippen LogP contribution is -2.07. The number of benzene rings is 1. The summed E-state index contributed by atoms with van der Waals surface area (Å²) in [5, 5.41) is 4.25. The van der Waals surface area contributed by atoms with Crippen molar-refractivity contribution in [3.8, 4) is 0 Å². The molecule has 0 spiro atoms. The van der Waals surface area contributed by atoms with Crippen LogP contribution in [0.25, 0.3) is 0 Å². The first-order valence-electron chi connectivity index (χ1n) is 6.40. The molecular weight excluding hydrogens is 210 g/mol. The van der Waals surface area contributed by atoms with Crippen molar-refractivity contribution < 1.29 is 4.84 Å². The molecule has 0 saturated heterocycles. The summed E-state index contributed by atoms with van der Waals surface area (Å²) in [6.07, 6.45) is 6.70. The predicted octanol–water partition coefficient (Wildman–Crippen LogP) is 3.67. The van der Waals surface area contributed by atoms with Gasteiger partial charge < -0.3 is 4.84 Å². The Bertz CT molecular complexity index is 466. The highest BCUT2D eigenvalue weighted by Gasteiger charge is 2.29. The first-order chi connectivity index (χ1) is 8.36. The molecule has 1 aliphatic heterocycles. The topological polar surface area (TPSA) is 21.6 Å². The van der Waals surface area contributed by atoms with E-state index in [2.05, 4.69) is 42.4 Å². The van der Waals surface area contributed by atoms with E-state index < -0.39 is 0 Å². The molecule has 1 aromatic rings. The molecule has 0 aromatic heterocycles. The number of hydrogen-bond acceptors (Lipinski definition) is 2. The van der Waals surface area contributed by atoms with E-state index in [9.17, 15) is 0 Å². The molecule has 1 fully saturated rings. The zero-order valence-electron chi connectivity index (χ0n) is 10.1. The Kier molecular flexibility index (Phi) is 2.71. The van der Waals surface area contributed by atoms with E-state index in [1.165, 1.54) is 24.0 Å². The van der Waals surface area contributed by atoms with Gasteiger partial charge in [-0.15, -0.1) is 0 Å². The first-order valence-corrected chi connectivity index (χ1v) is 6.40. The number of aryl methyl sites for hydroxylation is 1. The predicted molar refractivity (Wildman–Crippen MR) is 68.9 cm³/mol. The number of hydrogen-bond donors (Lipinski definition) is 0. The van der Waals surface area contributed by atoms with Gasteiger partial charge in [-0.1, -0.05) is 36.3 Å². The van der Waals surface area contributed by atoms with E-state index in [1.807, 2.05) is 0 Å². The third-order valence-corrected chi connectivity index (χ3v) is 3.43. The second-order valence-electron chi connectivity index (χ2n) is 4.76. The summed E-state index contributed by atoms with van der Waals surface area (Å²) in [6, 6.07) is 8.60. The normalized spacial score (nSPS) is 19.4. The fourth-order valence-corrected chi connectivity index (χ4v) is 2.09. The third kappa shape index (κ3) is 2.26. The minimum absolute atomic E-state index is 0.655. The highest BCUT2D eigenvalue weighted by Crippen LogP contribution is 2.38. The van der Waals surface area contributed by atoms with Crippen molar-refractivity contribution in [3.63, 3.8) is 0 Å². The van der Waals surface area contributed by atoms with E-state index >= 15 is 0 Å². The summed E-state index contributed by atoms with van der Waals surface area (Å²) in [7, 11) is 0. The summed E-state index contributed by atoms with van der Waals surface area (Å²) in [5.41, 5.74) is 3.57. The monoisotopic (exact) mass is 227 g/mol. The molecule has 2 aliphatic rings. The molecule has 88 valence electrons.